The Bertz CT molecular complexity index is 1410. The zero-order valence-corrected chi connectivity index (χ0v) is 20.0. The van der Waals surface area contributed by atoms with Crippen molar-refractivity contribution in [1.82, 2.24) is 19.1 Å². The van der Waals surface area contributed by atoms with E-state index in [1.54, 1.807) is 4.57 Å². The highest BCUT2D eigenvalue weighted by Gasteiger charge is 2.31. The Morgan fingerprint density at radius 2 is 1.79 bits per heavy atom. The lowest BCUT2D eigenvalue weighted by Gasteiger charge is -2.13. The molecule has 0 bridgehead atoms. The molecule has 1 aromatic carbocycles. The predicted molar refractivity (Wildman–Crippen MR) is 123 cm³/mol. The molecule has 0 saturated carbocycles. The van der Waals surface area contributed by atoms with E-state index >= 15 is 0 Å². The maximum atomic E-state index is 13.1. The maximum absolute atomic E-state index is 13.1. The van der Waals surface area contributed by atoms with Crippen LogP contribution in [-0.4, -0.2) is 38.7 Å². The van der Waals surface area contributed by atoms with Gasteiger partial charge in [0.05, 0.1) is 4.90 Å². The van der Waals surface area contributed by atoms with Crippen LogP contribution in [0.15, 0.2) is 38.8 Å². The van der Waals surface area contributed by atoms with Gasteiger partial charge in [-0.1, -0.05) is 20.3 Å². The van der Waals surface area contributed by atoms with Gasteiger partial charge >= 0.3 is 11.7 Å². The number of unbranched alkanes of at least 4 members (excludes halogenated alkanes) is 1. The quantitative estimate of drug-likeness (QED) is 0.337. The van der Waals surface area contributed by atoms with E-state index in [1.165, 1.54) is 11.5 Å². The van der Waals surface area contributed by atoms with E-state index in [4.69, 9.17) is 4.74 Å². The van der Waals surface area contributed by atoms with Gasteiger partial charge < -0.3 is 9.30 Å². The topological polar surface area (TPSA) is 133 Å². The Morgan fingerprint density at radius 3 is 2.41 bits per heavy atom. The predicted octanol–water partition coefficient (Wildman–Crippen LogP) is 2.14. The van der Waals surface area contributed by atoms with Gasteiger partial charge in [-0.25, -0.2) is 22.6 Å². The molecule has 2 aromatic heterocycles. The lowest BCUT2D eigenvalue weighted by molar-refractivity contribution is -0.144. The Kier molecular flexibility index (Phi) is 7.70. The molecule has 0 spiro atoms. The van der Waals surface area contributed by atoms with Crippen LogP contribution in [-0.2, 0) is 39.1 Å². The van der Waals surface area contributed by atoms with Crippen LogP contribution in [0.4, 0.5) is 4.39 Å². The number of H-pyrrole nitrogens is 1. The molecule has 10 nitrogen and oxygen atoms in total. The molecule has 0 amide bonds. The van der Waals surface area contributed by atoms with Gasteiger partial charge in [0, 0.05) is 13.1 Å². The number of rotatable bonds is 10. The number of benzene rings is 1. The third kappa shape index (κ3) is 4.96. The SMILES string of the molecule is CCCCn1c(=O)[nH]c(=O)c2c1nc(COC(=O)C(C)S(=O)(=O)c1ccc(F)cc1)n2CCC. The number of imidazole rings is 1. The van der Waals surface area contributed by atoms with Crippen LogP contribution in [0.2, 0.25) is 0 Å². The summed E-state index contributed by atoms with van der Waals surface area (Å²) in [5, 5.41) is -1.55. The molecule has 1 unspecified atom stereocenters. The Balaban J connectivity index is 1.92. The van der Waals surface area contributed by atoms with E-state index < -0.39 is 44.7 Å². The van der Waals surface area contributed by atoms with Gasteiger partial charge in [-0.15, -0.1) is 0 Å². The number of nitrogens with one attached hydrogen (secondary N) is 1. The second-order valence-electron chi connectivity index (χ2n) is 7.87. The van der Waals surface area contributed by atoms with Gasteiger partial charge in [0.1, 0.15) is 18.2 Å². The van der Waals surface area contributed by atoms with Crippen molar-refractivity contribution in [3.8, 4) is 0 Å². The average molecular weight is 495 g/mol. The third-order valence-electron chi connectivity index (χ3n) is 5.43. The number of aromatic nitrogens is 4. The summed E-state index contributed by atoms with van der Waals surface area (Å²) in [6, 6.07) is 4.15. The molecule has 0 aliphatic rings. The zero-order valence-electron chi connectivity index (χ0n) is 19.2. The highest BCUT2D eigenvalue weighted by atomic mass is 32.2. The summed E-state index contributed by atoms with van der Waals surface area (Å²) in [6.45, 7) is 5.39. The molecule has 1 atom stereocenters. The number of nitrogens with zero attached hydrogens (tertiary/aromatic N) is 3. The Labute approximate surface area is 195 Å². The van der Waals surface area contributed by atoms with Crippen molar-refractivity contribution in [2.75, 3.05) is 0 Å². The fourth-order valence-corrected chi connectivity index (χ4v) is 4.77. The summed E-state index contributed by atoms with van der Waals surface area (Å²) in [5.74, 6) is -1.40. The van der Waals surface area contributed by atoms with Gasteiger partial charge in [0.15, 0.2) is 26.3 Å². The first-order valence-electron chi connectivity index (χ1n) is 11.0. The van der Waals surface area contributed by atoms with Crippen LogP contribution in [0.5, 0.6) is 0 Å². The van der Waals surface area contributed by atoms with Crippen LogP contribution in [0.3, 0.4) is 0 Å². The number of sulfone groups is 1. The van der Waals surface area contributed by atoms with Crippen LogP contribution >= 0.6 is 0 Å². The molecule has 3 aromatic rings. The lowest BCUT2D eigenvalue weighted by Crippen LogP contribution is -2.31. The molecule has 0 aliphatic heterocycles. The van der Waals surface area contributed by atoms with Crippen LogP contribution in [0, 0.1) is 5.82 Å². The van der Waals surface area contributed by atoms with E-state index in [0.717, 1.165) is 30.7 Å². The minimum Gasteiger partial charge on any atom is -0.457 e. The first-order chi connectivity index (χ1) is 16.1. The molecular formula is C22H27FN4O6S. The van der Waals surface area contributed by atoms with Crippen molar-refractivity contribution in [3.63, 3.8) is 0 Å². The van der Waals surface area contributed by atoms with Crippen molar-refractivity contribution in [1.29, 1.82) is 0 Å². The third-order valence-corrected chi connectivity index (χ3v) is 7.48. The highest BCUT2D eigenvalue weighted by molar-refractivity contribution is 7.92. The molecule has 1 N–H and O–H groups in total. The van der Waals surface area contributed by atoms with Crippen molar-refractivity contribution in [2.45, 2.75) is 69.9 Å². The maximum Gasteiger partial charge on any atom is 0.330 e. The largest absolute Gasteiger partial charge is 0.457 e. The molecule has 0 aliphatic carbocycles. The number of hydrogen-bond donors (Lipinski definition) is 1. The number of fused-ring (bicyclic) bond motifs is 1. The molecule has 0 fully saturated rings. The second kappa shape index (κ2) is 10.3. The van der Waals surface area contributed by atoms with E-state index in [0.29, 0.717) is 25.9 Å². The number of halogens is 1. The minimum atomic E-state index is -4.10. The minimum absolute atomic E-state index is 0.189. The Morgan fingerprint density at radius 1 is 1.12 bits per heavy atom. The summed E-state index contributed by atoms with van der Waals surface area (Å²) in [6.07, 6.45) is 2.16. The summed E-state index contributed by atoms with van der Waals surface area (Å²) >= 11 is 0. The molecule has 3 rings (SSSR count). The van der Waals surface area contributed by atoms with E-state index in [-0.39, 0.29) is 21.9 Å². The fourth-order valence-electron chi connectivity index (χ4n) is 3.52. The number of hydrogen-bond acceptors (Lipinski definition) is 7. The average Bonchev–Trinajstić information content (AvgIpc) is 3.16. The summed E-state index contributed by atoms with van der Waals surface area (Å²) in [7, 11) is -4.10. The number of ether oxygens (including phenoxy) is 1. The Hall–Kier alpha value is -3.28. The second-order valence-corrected chi connectivity index (χ2v) is 10.1. The van der Waals surface area contributed by atoms with E-state index in [9.17, 15) is 27.2 Å². The monoisotopic (exact) mass is 494 g/mol. The molecular weight excluding hydrogens is 467 g/mol. The number of aryl methyl sites for hydroxylation is 2. The fraction of sp³-hybridized carbons (Fsp3) is 0.455. The normalized spacial score (nSPS) is 12.7. The van der Waals surface area contributed by atoms with Crippen LogP contribution in [0.1, 0.15) is 45.9 Å². The van der Waals surface area contributed by atoms with Gasteiger partial charge in [-0.2, -0.15) is 0 Å². The van der Waals surface area contributed by atoms with Gasteiger partial charge in [0.2, 0.25) is 0 Å². The highest BCUT2D eigenvalue weighted by Crippen LogP contribution is 2.19. The van der Waals surface area contributed by atoms with Crippen LogP contribution in [0.25, 0.3) is 11.2 Å². The first-order valence-corrected chi connectivity index (χ1v) is 12.5. The lowest BCUT2D eigenvalue weighted by atomic mass is 10.3. The summed E-state index contributed by atoms with van der Waals surface area (Å²) < 4.78 is 46.8. The number of esters is 1. The molecule has 12 heteroatoms. The molecule has 0 saturated heterocycles. The zero-order chi connectivity index (χ0) is 25.0. The van der Waals surface area contributed by atoms with Crippen molar-refractivity contribution < 1.29 is 22.3 Å². The molecule has 34 heavy (non-hydrogen) atoms. The van der Waals surface area contributed by atoms with Gasteiger partial charge in [0.25, 0.3) is 5.56 Å². The summed E-state index contributed by atoms with van der Waals surface area (Å²) in [5.41, 5.74) is -0.794. The van der Waals surface area contributed by atoms with E-state index in [1.807, 2.05) is 13.8 Å². The van der Waals surface area contributed by atoms with Crippen molar-refractivity contribution >= 4 is 27.0 Å². The van der Waals surface area contributed by atoms with Crippen molar-refractivity contribution in [3.05, 3.63) is 56.7 Å². The van der Waals surface area contributed by atoms with E-state index in [2.05, 4.69) is 9.97 Å². The number of carbonyl (C=O) groups excluding carboxylic acids is 1. The van der Waals surface area contributed by atoms with Gasteiger partial charge in [-0.3, -0.25) is 19.1 Å². The molecule has 2 heterocycles. The molecule has 0 radical (unpaired) electrons. The number of aromatic amines is 1. The molecule has 184 valence electrons. The number of carbonyl (C=O) groups is 1. The summed E-state index contributed by atoms with van der Waals surface area (Å²) in [4.78, 5) is 44.0. The first kappa shape index (κ1) is 25.3. The van der Waals surface area contributed by atoms with Gasteiger partial charge in [-0.05, 0) is 44.0 Å². The smallest absolute Gasteiger partial charge is 0.330 e. The standard InChI is InChI=1S/C22H27FN4O6S/c1-4-6-12-27-19-18(20(28)25-22(27)30)26(11-5-2)17(24-19)13-33-21(29)14(3)34(31,32)16-9-7-15(23)8-10-16/h7-10,14H,4-6,11-13H2,1-3H3,(H,25,28,30). The van der Waals surface area contributed by atoms with Crippen LogP contribution < -0.4 is 11.2 Å². The van der Waals surface area contributed by atoms with Crippen molar-refractivity contribution in [2.24, 2.45) is 0 Å².